The number of halogens is 1. The predicted octanol–water partition coefficient (Wildman–Crippen LogP) is 2.13. The van der Waals surface area contributed by atoms with Crippen LogP contribution in [-0.4, -0.2) is 42.5 Å². The molecule has 0 aliphatic heterocycles. The Morgan fingerprint density at radius 1 is 1.24 bits per heavy atom. The van der Waals surface area contributed by atoms with Crippen LogP contribution in [0, 0.1) is 5.92 Å². The zero-order chi connectivity index (χ0) is 18.2. The fourth-order valence-corrected chi connectivity index (χ4v) is 2.16. The summed E-state index contributed by atoms with van der Waals surface area (Å²) in [5, 5.41) is 5.72. The van der Waals surface area contributed by atoms with Gasteiger partial charge in [-0.15, -0.1) is 12.4 Å². The van der Waals surface area contributed by atoms with E-state index in [1.165, 1.54) is 0 Å². The molecule has 25 heavy (non-hydrogen) atoms. The van der Waals surface area contributed by atoms with E-state index in [0.29, 0.717) is 19.6 Å². The normalized spacial score (nSPS) is 12.7. The first-order valence-electron chi connectivity index (χ1n) is 8.32. The Bertz CT molecular complexity index is 539. The lowest BCUT2D eigenvalue weighted by Crippen LogP contribution is -2.55. The van der Waals surface area contributed by atoms with Gasteiger partial charge in [0.05, 0.1) is 5.54 Å². The van der Waals surface area contributed by atoms with E-state index in [9.17, 15) is 9.59 Å². The third-order valence-corrected chi connectivity index (χ3v) is 4.36. The van der Waals surface area contributed by atoms with Gasteiger partial charge >= 0.3 is 6.03 Å². The molecule has 0 aliphatic rings. The molecule has 0 heterocycles. The van der Waals surface area contributed by atoms with Crippen LogP contribution >= 0.6 is 12.4 Å². The molecule has 142 valence electrons. The number of carbonyl (C=O) groups excluding carboxylic acids is 2. The van der Waals surface area contributed by atoms with Crippen molar-refractivity contribution in [2.24, 2.45) is 11.7 Å². The second-order valence-corrected chi connectivity index (χ2v) is 6.65. The van der Waals surface area contributed by atoms with Gasteiger partial charge in [0, 0.05) is 33.1 Å². The van der Waals surface area contributed by atoms with Crippen LogP contribution in [0.5, 0.6) is 0 Å². The molecular formula is C18H31ClN4O2. The number of nitrogens with two attached hydrogens (primary N) is 1. The summed E-state index contributed by atoms with van der Waals surface area (Å²) < 4.78 is 0. The molecule has 0 fully saturated rings. The van der Waals surface area contributed by atoms with Gasteiger partial charge in [-0.25, -0.2) is 4.79 Å². The Labute approximate surface area is 156 Å². The molecule has 1 aromatic rings. The van der Waals surface area contributed by atoms with Crippen molar-refractivity contribution in [2.75, 3.05) is 20.1 Å². The molecule has 0 saturated carbocycles. The first-order valence-corrected chi connectivity index (χ1v) is 8.32. The summed E-state index contributed by atoms with van der Waals surface area (Å²) in [5.74, 6) is 0.126. The lowest BCUT2D eigenvalue weighted by atomic mass is 9.88. The highest BCUT2D eigenvalue weighted by atomic mass is 35.5. The molecule has 1 aromatic carbocycles. The zero-order valence-electron chi connectivity index (χ0n) is 15.5. The summed E-state index contributed by atoms with van der Waals surface area (Å²) in [6.07, 6.45) is 0.229. The number of benzene rings is 1. The van der Waals surface area contributed by atoms with Crippen LogP contribution in [0.3, 0.4) is 0 Å². The van der Waals surface area contributed by atoms with Crippen LogP contribution in [0.2, 0.25) is 0 Å². The van der Waals surface area contributed by atoms with E-state index in [4.69, 9.17) is 5.73 Å². The number of amides is 3. The van der Waals surface area contributed by atoms with Crippen LogP contribution in [0.1, 0.15) is 32.8 Å². The minimum Gasteiger partial charge on any atom is -0.349 e. The van der Waals surface area contributed by atoms with Crippen molar-refractivity contribution in [1.29, 1.82) is 0 Å². The fraction of sp³-hybridized carbons (Fsp3) is 0.556. The Kier molecular flexibility index (Phi) is 10.2. The highest BCUT2D eigenvalue weighted by molar-refractivity contribution is 5.85. The molecule has 0 radical (unpaired) electrons. The Balaban J connectivity index is 0.00000576. The smallest absolute Gasteiger partial charge is 0.317 e. The summed E-state index contributed by atoms with van der Waals surface area (Å²) in [4.78, 5) is 25.7. The molecule has 0 spiro atoms. The fourth-order valence-electron chi connectivity index (χ4n) is 2.16. The second-order valence-electron chi connectivity index (χ2n) is 6.65. The van der Waals surface area contributed by atoms with E-state index in [2.05, 4.69) is 10.6 Å². The van der Waals surface area contributed by atoms with Crippen LogP contribution in [0.25, 0.3) is 0 Å². The van der Waals surface area contributed by atoms with E-state index in [1.807, 2.05) is 51.1 Å². The third kappa shape index (κ3) is 7.75. The number of carbonyl (C=O) groups is 2. The number of hydrogen-bond donors (Lipinski definition) is 3. The van der Waals surface area contributed by atoms with Gasteiger partial charge in [0.15, 0.2) is 0 Å². The molecule has 1 atom stereocenters. The topological polar surface area (TPSA) is 87.5 Å². The zero-order valence-corrected chi connectivity index (χ0v) is 16.4. The molecule has 0 aromatic heterocycles. The molecule has 7 heteroatoms. The molecule has 0 aliphatic carbocycles. The molecule has 3 amide bonds. The molecular weight excluding hydrogens is 340 g/mol. The first kappa shape index (κ1) is 23.2. The molecule has 0 bridgehead atoms. The number of urea groups is 1. The molecule has 1 rings (SSSR count). The maximum atomic E-state index is 12.0. The van der Waals surface area contributed by atoms with Gasteiger partial charge in [-0.05, 0) is 18.4 Å². The van der Waals surface area contributed by atoms with Crippen molar-refractivity contribution in [3.05, 3.63) is 35.9 Å². The van der Waals surface area contributed by atoms with Crippen molar-refractivity contribution in [2.45, 2.75) is 39.3 Å². The largest absolute Gasteiger partial charge is 0.349 e. The quantitative estimate of drug-likeness (QED) is 0.655. The van der Waals surface area contributed by atoms with E-state index in [1.54, 1.807) is 11.9 Å². The van der Waals surface area contributed by atoms with E-state index < -0.39 is 5.54 Å². The third-order valence-electron chi connectivity index (χ3n) is 4.36. The predicted molar refractivity (Wildman–Crippen MR) is 104 cm³/mol. The number of hydrogen-bond acceptors (Lipinski definition) is 3. The minimum absolute atomic E-state index is 0. The molecule has 6 nitrogen and oxygen atoms in total. The summed E-state index contributed by atoms with van der Waals surface area (Å²) in [6.45, 7) is 7.17. The van der Waals surface area contributed by atoms with Gasteiger partial charge in [0.2, 0.25) is 5.91 Å². The molecule has 0 saturated heterocycles. The van der Waals surface area contributed by atoms with E-state index in [-0.39, 0.29) is 36.7 Å². The maximum absolute atomic E-state index is 12.0. The van der Waals surface area contributed by atoms with E-state index in [0.717, 1.165) is 5.56 Å². The highest BCUT2D eigenvalue weighted by Gasteiger charge is 2.28. The molecule has 4 N–H and O–H groups in total. The van der Waals surface area contributed by atoms with Crippen molar-refractivity contribution < 1.29 is 9.59 Å². The summed E-state index contributed by atoms with van der Waals surface area (Å²) in [5.41, 5.74) is 6.39. The van der Waals surface area contributed by atoms with Gasteiger partial charge in [0.25, 0.3) is 0 Å². The van der Waals surface area contributed by atoms with Crippen molar-refractivity contribution in [3.8, 4) is 0 Å². The van der Waals surface area contributed by atoms with Gasteiger partial charge in [-0.1, -0.05) is 44.2 Å². The average molecular weight is 371 g/mol. The summed E-state index contributed by atoms with van der Waals surface area (Å²) >= 11 is 0. The second kappa shape index (κ2) is 10.9. The SMILES string of the molecule is CC(C)C(C)(CN)NC(=O)CCNC(=O)N(C)Cc1ccccc1.Cl. The maximum Gasteiger partial charge on any atom is 0.317 e. The average Bonchev–Trinajstić information content (AvgIpc) is 2.55. The number of rotatable bonds is 8. The van der Waals surface area contributed by atoms with Gasteiger partial charge < -0.3 is 21.3 Å². The highest BCUT2D eigenvalue weighted by Crippen LogP contribution is 2.14. The van der Waals surface area contributed by atoms with Crippen molar-refractivity contribution >= 4 is 24.3 Å². The van der Waals surface area contributed by atoms with Gasteiger partial charge in [0.1, 0.15) is 0 Å². The minimum atomic E-state index is -0.425. The number of nitrogens with zero attached hydrogens (tertiary/aromatic N) is 1. The lowest BCUT2D eigenvalue weighted by molar-refractivity contribution is -0.123. The Hall–Kier alpha value is -1.79. The Morgan fingerprint density at radius 2 is 1.84 bits per heavy atom. The summed E-state index contributed by atoms with van der Waals surface area (Å²) in [7, 11) is 1.73. The van der Waals surface area contributed by atoms with Crippen LogP contribution < -0.4 is 16.4 Å². The first-order chi connectivity index (χ1) is 11.3. The van der Waals surface area contributed by atoms with E-state index >= 15 is 0 Å². The monoisotopic (exact) mass is 370 g/mol. The molecule has 1 unspecified atom stereocenters. The van der Waals surface area contributed by atoms with Crippen LogP contribution in [0.4, 0.5) is 4.79 Å². The van der Waals surface area contributed by atoms with Crippen molar-refractivity contribution in [1.82, 2.24) is 15.5 Å². The standard InChI is InChI=1S/C18H30N4O2.ClH/c1-14(2)18(3,13-19)21-16(23)10-11-20-17(24)22(4)12-15-8-6-5-7-9-15;/h5-9,14H,10-13,19H2,1-4H3,(H,20,24)(H,21,23);1H. The number of nitrogens with one attached hydrogen (secondary N) is 2. The van der Waals surface area contributed by atoms with Crippen LogP contribution in [-0.2, 0) is 11.3 Å². The summed E-state index contributed by atoms with van der Waals surface area (Å²) in [6, 6.07) is 9.56. The van der Waals surface area contributed by atoms with Crippen LogP contribution in [0.15, 0.2) is 30.3 Å². The Morgan fingerprint density at radius 3 is 2.36 bits per heavy atom. The lowest BCUT2D eigenvalue weighted by Gasteiger charge is -2.33. The van der Waals surface area contributed by atoms with Gasteiger partial charge in [-0.2, -0.15) is 0 Å². The van der Waals surface area contributed by atoms with Gasteiger partial charge in [-0.3, -0.25) is 4.79 Å². The van der Waals surface area contributed by atoms with Crippen molar-refractivity contribution in [3.63, 3.8) is 0 Å².